The zero-order valence-electron chi connectivity index (χ0n) is 5.47. The summed E-state index contributed by atoms with van der Waals surface area (Å²) in [6, 6.07) is 0. The Morgan fingerprint density at radius 2 is 1.89 bits per heavy atom. The van der Waals surface area contributed by atoms with E-state index < -0.39 is 5.97 Å². The predicted molar refractivity (Wildman–Crippen MR) is 32.8 cm³/mol. The first-order chi connectivity index (χ1) is 4.09. The maximum Gasteiger partial charge on any atom is 0.353 e. The van der Waals surface area contributed by atoms with Crippen LogP contribution in [0.3, 0.4) is 0 Å². The van der Waals surface area contributed by atoms with Crippen molar-refractivity contribution in [2.45, 2.75) is 13.8 Å². The summed E-state index contributed by atoms with van der Waals surface area (Å²) in [7, 11) is 0. The van der Waals surface area contributed by atoms with Crippen molar-refractivity contribution in [2.75, 3.05) is 0 Å². The fourth-order valence-electron chi connectivity index (χ4n) is 0.249. The maximum absolute atomic E-state index is 10.5. The third-order valence-corrected chi connectivity index (χ3v) is 1.00. The second-order valence-electron chi connectivity index (χ2n) is 1.71. The first-order valence-corrected chi connectivity index (χ1v) is 2.43. The van der Waals surface area contributed by atoms with Crippen LogP contribution in [0.1, 0.15) is 13.8 Å². The van der Waals surface area contributed by atoms with E-state index in [1.54, 1.807) is 13.8 Å². The molecule has 0 aliphatic heterocycles. The highest BCUT2D eigenvalue weighted by molar-refractivity contribution is 5.88. The van der Waals surface area contributed by atoms with E-state index in [4.69, 9.17) is 5.73 Å². The highest BCUT2D eigenvalue weighted by Gasteiger charge is 2.04. The fraction of sp³-hybridized carbons (Fsp3) is 0.400. The van der Waals surface area contributed by atoms with Gasteiger partial charge in [-0.1, -0.05) is 0 Å². The first-order valence-electron chi connectivity index (χ1n) is 2.43. The van der Waals surface area contributed by atoms with Gasteiger partial charge >= 0.3 is 5.97 Å². The van der Waals surface area contributed by atoms with E-state index in [1.807, 2.05) is 0 Å². The molecule has 0 aromatic heterocycles. The molecule has 9 heavy (non-hydrogen) atoms. The van der Waals surface area contributed by atoms with Gasteiger partial charge < -0.3 is 10.6 Å². The average Bonchev–Trinajstić information content (AvgIpc) is 1.84. The minimum atomic E-state index is -0.588. The topological polar surface area (TPSA) is 78.3 Å². The predicted octanol–water partition coefficient (Wildman–Crippen LogP) is -0.344. The summed E-state index contributed by atoms with van der Waals surface area (Å²) in [6.45, 7) is 3.15. The van der Waals surface area contributed by atoms with Gasteiger partial charge in [0.1, 0.15) is 0 Å². The molecule has 4 N–H and O–H groups in total. The van der Waals surface area contributed by atoms with E-state index in [0.29, 0.717) is 11.3 Å². The van der Waals surface area contributed by atoms with Crippen molar-refractivity contribution in [1.29, 1.82) is 0 Å². The summed E-state index contributed by atoms with van der Waals surface area (Å²) in [5.74, 6) is 3.98. The lowest BCUT2D eigenvalue weighted by Gasteiger charge is -1.97. The molecule has 0 saturated heterocycles. The second kappa shape index (κ2) is 3.09. The molecule has 0 bridgehead atoms. The number of carbonyl (C=O) groups is 1. The van der Waals surface area contributed by atoms with Crippen molar-refractivity contribution in [3.63, 3.8) is 0 Å². The minimum Gasteiger partial charge on any atom is -0.402 e. The van der Waals surface area contributed by atoms with Crippen molar-refractivity contribution in [1.82, 2.24) is 0 Å². The van der Waals surface area contributed by atoms with Crippen molar-refractivity contribution >= 4 is 5.97 Å². The fourth-order valence-corrected chi connectivity index (χ4v) is 0.249. The lowest BCUT2D eigenvalue weighted by Crippen LogP contribution is -2.13. The molecule has 4 heteroatoms. The van der Waals surface area contributed by atoms with Gasteiger partial charge in [-0.25, -0.2) is 4.79 Å². The number of hydrogen-bond acceptors (Lipinski definition) is 4. The molecular weight excluding hydrogens is 120 g/mol. The monoisotopic (exact) mass is 130 g/mol. The van der Waals surface area contributed by atoms with Gasteiger partial charge in [-0.15, -0.1) is 0 Å². The van der Waals surface area contributed by atoms with E-state index in [9.17, 15) is 4.79 Å². The smallest absolute Gasteiger partial charge is 0.353 e. The van der Waals surface area contributed by atoms with Crippen LogP contribution in [0, 0.1) is 0 Å². The Hall–Kier alpha value is -1.03. The number of nitrogens with two attached hydrogens (primary N) is 2. The summed E-state index contributed by atoms with van der Waals surface area (Å²) in [6.07, 6.45) is 0. The summed E-state index contributed by atoms with van der Waals surface area (Å²) in [4.78, 5) is 14.4. The zero-order chi connectivity index (χ0) is 7.44. The highest BCUT2D eigenvalue weighted by Crippen LogP contribution is 1.96. The third-order valence-electron chi connectivity index (χ3n) is 1.00. The lowest BCUT2D eigenvalue weighted by atomic mass is 10.2. The van der Waals surface area contributed by atoms with Crippen LogP contribution in [0.4, 0.5) is 0 Å². The molecule has 0 amide bonds. The Kier molecular flexibility index (Phi) is 2.73. The molecule has 4 nitrogen and oxygen atoms in total. The summed E-state index contributed by atoms with van der Waals surface area (Å²) >= 11 is 0. The van der Waals surface area contributed by atoms with Gasteiger partial charge in [0.25, 0.3) is 0 Å². The van der Waals surface area contributed by atoms with Gasteiger partial charge in [0, 0.05) is 5.70 Å². The van der Waals surface area contributed by atoms with Crippen LogP contribution < -0.4 is 11.6 Å². The lowest BCUT2D eigenvalue weighted by molar-refractivity contribution is -0.139. The van der Waals surface area contributed by atoms with Crippen molar-refractivity contribution in [3.8, 4) is 0 Å². The first kappa shape index (κ1) is 7.97. The Labute approximate surface area is 53.4 Å². The second-order valence-corrected chi connectivity index (χ2v) is 1.71. The maximum atomic E-state index is 10.5. The van der Waals surface area contributed by atoms with Crippen LogP contribution >= 0.6 is 0 Å². The molecule has 52 valence electrons. The molecule has 0 aromatic rings. The third kappa shape index (κ3) is 2.14. The Bertz CT molecular complexity index is 147. The molecule has 0 spiro atoms. The van der Waals surface area contributed by atoms with Crippen molar-refractivity contribution in [3.05, 3.63) is 11.3 Å². The SMILES string of the molecule is CC(N)=C(C)C(=O)ON. The zero-order valence-corrected chi connectivity index (χ0v) is 5.47. The van der Waals surface area contributed by atoms with E-state index in [0.717, 1.165) is 0 Å². The summed E-state index contributed by atoms with van der Waals surface area (Å²) in [5.41, 5.74) is 6.00. The molecule has 0 aliphatic carbocycles. The molecule has 0 atom stereocenters. The number of allylic oxidation sites excluding steroid dienone is 1. The minimum absolute atomic E-state index is 0.345. The molecule has 0 saturated carbocycles. The Balaban J connectivity index is 4.21. The van der Waals surface area contributed by atoms with Gasteiger partial charge in [0.15, 0.2) is 0 Å². The van der Waals surface area contributed by atoms with Gasteiger partial charge in [0.2, 0.25) is 0 Å². The van der Waals surface area contributed by atoms with Gasteiger partial charge in [-0.2, -0.15) is 5.90 Å². The molecular formula is C5H10N2O2. The van der Waals surface area contributed by atoms with E-state index >= 15 is 0 Å². The van der Waals surface area contributed by atoms with E-state index in [2.05, 4.69) is 10.7 Å². The standard InChI is InChI=1S/C5H10N2O2/c1-3(4(2)6)5(8)9-7/h6-7H2,1-2H3. The van der Waals surface area contributed by atoms with E-state index in [-0.39, 0.29) is 0 Å². The van der Waals surface area contributed by atoms with E-state index in [1.165, 1.54) is 0 Å². The summed E-state index contributed by atoms with van der Waals surface area (Å²) < 4.78 is 0. The molecule has 0 aliphatic rings. The molecule has 0 aromatic carbocycles. The van der Waals surface area contributed by atoms with Gasteiger partial charge in [0.05, 0.1) is 5.57 Å². The Morgan fingerprint density at radius 3 is 2.00 bits per heavy atom. The number of hydrogen-bond donors (Lipinski definition) is 2. The van der Waals surface area contributed by atoms with Crippen LogP contribution in [0.15, 0.2) is 11.3 Å². The highest BCUT2D eigenvalue weighted by atomic mass is 16.7. The largest absolute Gasteiger partial charge is 0.402 e. The number of rotatable bonds is 1. The molecule has 0 radical (unpaired) electrons. The molecule has 0 heterocycles. The normalized spacial score (nSPS) is 12.3. The molecule has 0 rings (SSSR count). The van der Waals surface area contributed by atoms with Crippen molar-refractivity contribution < 1.29 is 9.63 Å². The van der Waals surface area contributed by atoms with Crippen LogP contribution in [0.25, 0.3) is 0 Å². The van der Waals surface area contributed by atoms with Crippen LogP contribution in [-0.4, -0.2) is 5.97 Å². The quantitative estimate of drug-likeness (QED) is 0.376. The van der Waals surface area contributed by atoms with Gasteiger partial charge in [-0.3, -0.25) is 0 Å². The van der Waals surface area contributed by atoms with Crippen LogP contribution in [0.5, 0.6) is 0 Å². The molecule has 0 fully saturated rings. The Morgan fingerprint density at radius 1 is 1.44 bits per heavy atom. The summed E-state index contributed by atoms with van der Waals surface area (Å²) in [5, 5.41) is 0. The van der Waals surface area contributed by atoms with Crippen molar-refractivity contribution in [2.24, 2.45) is 11.6 Å². The van der Waals surface area contributed by atoms with Gasteiger partial charge in [-0.05, 0) is 13.8 Å². The van der Waals surface area contributed by atoms with Crippen LogP contribution in [-0.2, 0) is 9.63 Å². The number of carbonyl (C=O) groups excluding carboxylic acids is 1. The average molecular weight is 130 g/mol. The van der Waals surface area contributed by atoms with Crippen LogP contribution in [0.2, 0.25) is 0 Å². The molecule has 0 unspecified atom stereocenters.